The van der Waals surface area contributed by atoms with Crippen LogP contribution in [-0.4, -0.2) is 63.8 Å². The summed E-state index contributed by atoms with van der Waals surface area (Å²) in [6, 6.07) is 4.03. The highest BCUT2D eigenvalue weighted by Gasteiger charge is 2.22. The summed E-state index contributed by atoms with van der Waals surface area (Å²) in [5, 5.41) is 0.585. The summed E-state index contributed by atoms with van der Waals surface area (Å²) >= 11 is 6.31. The molecule has 5 nitrogen and oxygen atoms in total. The fourth-order valence-electron chi connectivity index (χ4n) is 2.41. The molecule has 0 radical (unpaired) electrons. The van der Waals surface area contributed by atoms with Gasteiger partial charge in [-0.25, -0.2) is 0 Å². The van der Waals surface area contributed by atoms with E-state index in [9.17, 15) is 0 Å². The first-order chi connectivity index (χ1) is 10.0. The standard InChI is InChI=1S/C15H24ClN3O2/c1-18(2)4-5-19(3)13(10-17)11-8-12(16)15-14(9-11)20-6-7-21-15/h8-9,13H,4-7,10,17H2,1-3H3. The molecule has 1 unspecified atom stereocenters. The predicted molar refractivity (Wildman–Crippen MR) is 85.4 cm³/mol. The third-order valence-electron chi connectivity index (χ3n) is 3.66. The zero-order valence-corrected chi connectivity index (χ0v) is 13.7. The third kappa shape index (κ3) is 4.01. The molecule has 0 saturated carbocycles. The molecule has 0 aromatic heterocycles. The lowest BCUT2D eigenvalue weighted by molar-refractivity contribution is 0.170. The second kappa shape index (κ2) is 7.31. The van der Waals surface area contributed by atoms with Crippen LogP contribution in [0.15, 0.2) is 12.1 Å². The Hall–Kier alpha value is -1.01. The monoisotopic (exact) mass is 313 g/mol. The van der Waals surface area contributed by atoms with Crippen LogP contribution in [-0.2, 0) is 0 Å². The van der Waals surface area contributed by atoms with Crippen molar-refractivity contribution in [2.24, 2.45) is 5.73 Å². The topological polar surface area (TPSA) is 51.0 Å². The van der Waals surface area contributed by atoms with Crippen LogP contribution in [0.1, 0.15) is 11.6 Å². The van der Waals surface area contributed by atoms with Gasteiger partial charge in [0.2, 0.25) is 0 Å². The van der Waals surface area contributed by atoms with Crippen molar-refractivity contribution in [1.82, 2.24) is 9.80 Å². The van der Waals surface area contributed by atoms with E-state index in [0.717, 1.165) is 18.7 Å². The Bertz CT molecular complexity index is 482. The summed E-state index contributed by atoms with van der Waals surface area (Å²) in [6.07, 6.45) is 0. The zero-order chi connectivity index (χ0) is 15.4. The SMILES string of the molecule is CN(C)CCN(C)C(CN)c1cc(Cl)c2c(c1)OCCO2. The molecule has 0 bridgehead atoms. The Morgan fingerprint density at radius 2 is 1.90 bits per heavy atom. The van der Waals surface area contributed by atoms with Crippen molar-refractivity contribution in [3.63, 3.8) is 0 Å². The fraction of sp³-hybridized carbons (Fsp3) is 0.600. The lowest BCUT2D eigenvalue weighted by atomic mass is 10.0. The average molecular weight is 314 g/mol. The van der Waals surface area contributed by atoms with Gasteiger partial charge in [0.1, 0.15) is 13.2 Å². The van der Waals surface area contributed by atoms with Gasteiger partial charge < -0.3 is 20.1 Å². The van der Waals surface area contributed by atoms with E-state index in [1.165, 1.54) is 0 Å². The predicted octanol–water partition coefficient (Wildman–Crippen LogP) is 1.60. The molecule has 21 heavy (non-hydrogen) atoms. The molecule has 0 spiro atoms. The highest BCUT2D eigenvalue weighted by Crippen LogP contribution is 2.40. The molecule has 1 atom stereocenters. The van der Waals surface area contributed by atoms with Crippen LogP contribution in [0.4, 0.5) is 0 Å². The van der Waals surface area contributed by atoms with Gasteiger partial charge >= 0.3 is 0 Å². The zero-order valence-electron chi connectivity index (χ0n) is 12.9. The summed E-state index contributed by atoms with van der Waals surface area (Å²) in [7, 11) is 6.20. The van der Waals surface area contributed by atoms with Crippen molar-refractivity contribution in [3.8, 4) is 11.5 Å². The van der Waals surface area contributed by atoms with E-state index in [4.69, 9.17) is 26.8 Å². The molecule has 1 aromatic rings. The van der Waals surface area contributed by atoms with Crippen molar-refractivity contribution >= 4 is 11.6 Å². The highest BCUT2D eigenvalue weighted by molar-refractivity contribution is 6.32. The van der Waals surface area contributed by atoms with Gasteiger partial charge in [-0.15, -0.1) is 0 Å². The molecule has 0 saturated heterocycles. The van der Waals surface area contributed by atoms with E-state index in [2.05, 4.69) is 30.9 Å². The number of fused-ring (bicyclic) bond motifs is 1. The highest BCUT2D eigenvalue weighted by atomic mass is 35.5. The first-order valence-electron chi connectivity index (χ1n) is 7.17. The molecular formula is C15H24ClN3O2. The Labute approximate surface area is 131 Å². The number of rotatable bonds is 6. The smallest absolute Gasteiger partial charge is 0.179 e. The van der Waals surface area contributed by atoms with Crippen LogP contribution < -0.4 is 15.2 Å². The van der Waals surface area contributed by atoms with Crippen molar-refractivity contribution in [3.05, 3.63) is 22.7 Å². The summed E-state index contributed by atoms with van der Waals surface area (Å²) in [4.78, 5) is 4.39. The van der Waals surface area contributed by atoms with Crippen LogP contribution in [0.5, 0.6) is 11.5 Å². The molecule has 1 aromatic carbocycles. The molecule has 0 amide bonds. The molecule has 1 heterocycles. The summed E-state index contributed by atoms with van der Waals surface area (Å²) < 4.78 is 11.2. The number of hydrogen-bond acceptors (Lipinski definition) is 5. The Morgan fingerprint density at radius 3 is 2.57 bits per heavy atom. The van der Waals surface area contributed by atoms with E-state index in [0.29, 0.717) is 36.3 Å². The first-order valence-corrected chi connectivity index (χ1v) is 7.54. The molecule has 2 rings (SSSR count). The number of benzene rings is 1. The van der Waals surface area contributed by atoms with Crippen LogP contribution in [0, 0.1) is 0 Å². The Morgan fingerprint density at radius 1 is 1.19 bits per heavy atom. The van der Waals surface area contributed by atoms with E-state index in [-0.39, 0.29) is 6.04 Å². The minimum Gasteiger partial charge on any atom is -0.486 e. The van der Waals surface area contributed by atoms with Crippen LogP contribution >= 0.6 is 11.6 Å². The second-order valence-electron chi connectivity index (χ2n) is 5.56. The number of halogens is 1. The molecule has 118 valence electrons. The van der Waals surface area contributed by atoms with E-state index in [1.54, 1.807) is 0 Å². The molecule has 2 N–H and O–H groups in total. The number of ether oxygens (including phenoxy) is 2. The van der Waals surface area contributed by atoms with Crippen LogP contribution in [0.2, 0.25) is 5.02 Å². The van der Waals surface area contributed by atoms with E-state index >= 15 is 0 Å². The molecule has 0 fully saturated rings. The molecular weight excluding hydrogens is 290 g/mol. The van der Waals surface area contributed by atoms with Gasteiger partial charge in [0.05, 0.1) is 5.02 Å². The summed E-state index contributed by atoms with van der Waals surface area (Å²) in [5.41, 5.74) is 7.03. The lowest BCUT2D eigenvalue weighted by Crippen LogP contribution is -2.35. The summed E-state index contributed by atoms with van der Waals surface area (Å²) in [6.45, 7) is 3.53. The van der Waals surface area contributed by atoms with Gasteiger partial charge in [-0.3, -0.25) is 4.90 Å². The maximum absolute atomic E-state index is 6.31. The quantitative estimate of drug-likeness (QED) is 0.864. The van der Waals surface area contributed by atoms with Crippen LogP contribution in [0.25, 0.3) is 0 Å². The van der Waals surface area contributed by atoms with Crippen molar-refractivity contribution in [1.29, 1.82) is 0 Å². The van der Waals surface area contributed by atoms with Crippen molar-refractivity contribution in [2.45, 2.75) is 6.04 Å². The number of likely N-dealkylation sites (N-methyl/N-ethyl adjacent to an activating group) is 2. The normalized spacial score (nSPS) is 15.6. The Kier molecular flexibility index (Phi) is 5.70. The van der Waals surface area contributed by atoms with E-state index < -0.39 is 0 Å². The van der Waals surface area contributed by atoms with Gasteiger partial charge in [-0.2, -0.15) is 0 Å². The maximum atomic E-state index is 6.31. The summed E-state index contributed by atoms with van der Waals surface area (Å²) in [5.74, 6) is 1.35. The van der Waals surface area contributed by atoms with Gasteiger partial charge in [0, 0.05) is 25.7 Å². The minimum atomic E-state index is 0.110. The van der Waals surface area contributed by atoms with Gasteiger partial charge in [-0.05, 0) is 38.8 Å². The second-order valence-corrected chi connectivity index (χ2v) is 5.97. The minimum absolute atomic E-state index is 0.110. The number of nitrogens with two attached hydrogens (primary N) is 1. The Balaban J connectivity index is 2.19. The van der Waals surface area contributed by atoms with Gasteiger partial charge in [-0.1, -0.05) is 11.6 Å². The lowest BCUT2D eigenvalue weighted by Gasteiger charge is -2.30. The molecule has 1 aliphatic heterocycles. The fourth-order valence-corrected chi connectivity index (χ4v) is 2.68. The first kappa shape index (κ1) is 16.4. The number of nitrogens with zero attached hydrogens (tertiary/aromatic N) is 2. The largest absolute Gasteiger partial charge is 0.486 e. The molecule has 0 aliphatic carbocycles. The van der Waals surface area contributed by atoms with Crippen LogP contribution in [0.3, 0.4) is 0 Å². The third-order valence-corrected chi connectivity index (χ3v) is 3.94. The van der Waals surface area contributed by atoms with Crippen molar-refractivity contribution in [2.75, 3.05) is 54.0 Å². The molecule has 1 aliphatic rings. The van der Waals surface area contributed by atoms with Gasteiger partial charge in [0.25, 0.3) is 0 Å². The maximum Gasteiger partial charge on any atom is 0.179 e. The molecule has 6 heteroatoms. The average Bonchev–Trinajstić information content (AvgIpc) is 2.46. The van der Waals surface area contributed by atoms with Gasteiger partial charge in [0.15, 0.2) is 11.5 Å². The van der Waals surface area contributed by atoms with Crippen molar-refractivity contribution < 1.29 is 9.47 Å². The number of hydrogen-bond donors (Lipinski definition) is 1. The van der Waals surface area contributed by atoms with E-state index in [1.807, 2.05) is 12.1 Å².